The minimum Gasteiger partial charge on any atom is -0.382 e. The maximum Gasteiger partial charge on any atom is 0.315 e. The summed E-state index contributed by atoms with van der Waals surface area (Å²) in [5.41, 5.74) is 1.38. The lowest BCUT2D eigenvalue weighted by Crippen LogP contribution is -2.26. The SMILES string of the molecule is CNc1cccc(NC2CC3CCC2C3)c1[N+](=O)[O-]. The maximum atomic E-state index is 11.3. The van der Waals surface area contributed by atoms with Gasteiger partial charge in [0.1, 0.15) is 11.4 Å². The quantitative estimate of drug-likeness (QED) is 0.645. The van der Waals surface area contributed by atoms with Crippen molar-refractivity contribution in [2.75, 3.05) is 17.7 Å². The van der Waals surface area contributed by atoms with Crippen molar-refractivity contribution >= 4 is 17.1 Å². The number of rotatable bonds is 4. The summed E-state index contributed by atoms with van der Waals surface area (Å²) < 4.78 is 0. The highest BCUT2D eigenvalue weighted by molar-refractivity contribution is 5.76. The van der Waals surface area contributed by atoms with Crippen molar-refractivity contribution in [2.24, 2.45) is 11.8 Å². The van der Waals surface area contributed by atoms with Crippen LogP contribution >= 0.6 is 0 Å². The molecule has 19 heavy (non-hydrogen) atoms. The van der Waals surface area contributed by atoms with E-state index in [9.17, 15) is 10.1 Å². The van der Waals surface area contributed by atoms with E-state index in [1.54, 1.807) is 13.1 Å². The Morgan fingerprint density at radius 3 is 2.63 bits per heavy atom. The van der Waals surface area contributed by atoms with Crippen molar-refractivity contribution in [1.29, 1.82) is 0 Å². The Balaban J connectivity index is 1.86. The second kappa shape index (κ2) is 4.72. The fraction of sp³-hybridized carbons (Fsp3) is 0.571. The lowest BCUT2D eigenvalue weighted by molar-refractivity contribution is -0.383. The zero-order chi connectivity index (χ0) is 13.4. The highest BCUT2D eigenvalue weighted by Gasteiger charge is 2.40. The van der Waals surface area contributed by atoms with Gasteiger partial charge in [-0.2, -0.15) is 0 Å². The number of benzene rings is 1. The summed E-state index contributed by atoms with van der Waals surface area (Å²) in [6.45, 7) is 0. The summed E-state index contributed by atoms with van der Waals surface area (Å²) in [6.07, 6.45) is 5.05. The summed E-state index contributed by atoms with van der Waals surface area (Å²) in [5.74, 6) is 1.52. The average molecular weight is 261 g/mol. The molecule has 5 heteroatoms. The van der Waals surface area contributed by atoms with E-state index in [1.807, 2.05) is 12.1 Å². The third-order valence-corrected chi connectivity index (χ3v) is 4.57. The van der Waals surface area contributed by atoms with Crippen LogP contribution in [0.3, 0.4) is 0 Å². The number of fused-ring (bicyclic) bond motifs is 2. The van der Waals surface area contributed by atoms with Crippen molar-refractivity contribution in [3.8, 4) is 0 Å². The maximum absolute atomic E-state index is 11.3. The van der Waals surface area contributed by atoms with E-state index in [0.29, 0.717) is 23.3 Å². The van der Waals surface area contributed by atoms with Crippen LogP contribution in [0.4, 0.5) is 17.1 Å². The first kappa shape index (κ1) is 12.3. The molecule has 0 spiro atoms. The molecule has 2 N–H and O–H groups in total. The van der Waals surface area contributed by atoms with Gasteiger partial charge < -0.3 is 10.6 Å². The fourth-order valence-electron chi connectivity index (χ4n) is 3.68. The van der Waals surface area contributed by atoms with Crippen LogP contribution in [0.1, 0.15) is 25.7 Å². The van der Waals surface area contributed by atoms with Gasteiger partial charge in [-0.05, 0) is 43.2 Å². The predicted molar refractivity (Wildman–Crippen MR) is 75.5 cm³/mol. The van der Waals surface area contributed by atoms with E-state index in [0.717, 1.165) is 12.3 Å². The molecular weight excluding hydrogens is 242 g/mol. The highest BCUT2D eigenvalue weighted by atomic mass is 16.6. The van der Waals surface area contributed by atoms with Crippen molar-refractivity contribution in [3.63, 3.8) is 0 Å². The summed E-state index contributed by atoms with van der Waals surface area (Å²) >= 11 is 0. The van der Waals surface area contributed by atoms with Crippen LogP contribution in [0.5, 0.6) is 0 Å². The van der Waals surface area contributed by atoms with Crippen LogP contribution in [0, 0.1) is 22.0 Å². The molecule has 3 unspecified atom stereocenters. The van der Waals surface area contributed by atoms with Gasteiger partial charge in [-0.15, -0.1) is 0 Å². The molecule has 0 saturated heterocycles. The van der Waals surface area contributed by atoms with Gasteiger partial charge >= 0.3 is 5.69 Å². The minimum absolute atomic E-state index is 0.160. The Labute approximate surface area is 112 Å². The highest BCUT2D eigenvalue weighted by Crippen LogP contribution is 2.46. The molecule has 0 aliphatic heterocycles. The molecule has 0 heterocycles. The number of para-hydroxylation sites is 1. The summed E-state index contributed by atoms with van der Waals surface area (Å²) in [7, 11) is 1.71. The number of anilines is 2. The first-order valence-corrected chi connectivity index (χ1v) is 6.90. The van der Waals surface area contributed by atoms with Gasteiger partial charge in [0.25, 0.3) is 0 Å². The summed E-state index contributed by atoms with van der Waals surface area (Å²) in [6, 6.07) is 5.81. The molecule has 5 nitrogen and oxygen atoms in total. The molecule has 2 saturated carbocycles. The van der Waals surface area contributed by atoms with Crippen molar-refractivity contribution in [2.45, 2.75) is 31.7 Å². The smallest absolute Gasteiger partial charge is 0.315 e. The number of nitrogens with one attached hydrogen (secondary N) is 2. The van der Waals surface area contributed by atoms with E-state index in [1.165, 1.54) is 19.3 Å². The molecule has 0 aromatic heterocycles. The normalized spacial score (nSPS) is 28.4. The molecule has 2 fully saturated rings. The second-order valence-electron chi connectivity index (χ2n) is 5.63. The van der Waals surface area contributed by atoms with Gasteiger partial charge in [0.15, 0.2) is 0 Å². The van der Waals surface area contributed by atoms with Crippen molar-refractivity contribution in [3.05, 3.63) is 28.3 Å². The molecule has 102 valence electrons. The molecule has 2 aliphatic carbocycles. The number of nitrogens with zero attached hydrogens (tertiary/aromatic N) is 1. The lowest BCUT2D eigenvalue weighted by Gasteiger charge is -2.24. The summed E-state index contributed by atoms with van der Waals surface area (Å²) in [4.78, 5) is 11.0. The third-order valence-electron chi connectivity index (χ3n) is 4.57. The lowest BCUT2D eigenvalue weighted by atomic mass is 9.95. The molecule has 1 aromatic carbocycles. The standard InChI is InChI=1S/C14H19N3O2/c1-15-11-3-2-4-12(14(11)17(18)19)16-13-8-9-5-6-10(13)7-9/h2-4,9-10,13,15-16H,5-8H2,1H3. The van der Waals surface area contributed by atoms with Crippen LogP contribution in [0.2, 0.25) is 0 Å². The third kappa shape index (κ3) is 2.13. The average Bonchev–Trinajstić information content (AvgIpc) is 3.00. The summed E-state index contributed by atoms with van der Waals surface area (Å²) in [5, 5.41) is 17.6. The second-order valence-corrected chi connectivity index (χ2v) is 5.63. The van der Waals surface area contributed by atoms with Crippen LogP contribution in [0.25, 0.3) is 0 Å². The fourth-order valence-corrected chi connectivity index (χ4v) is 3.68. The van der Waals surface area contributed by atoms with E-state index in [2.05, 4.69) is 10.6 Å². The van der Waals surface area contributed by atoms with E-state index >= 15 is 0 Å². The Morgan fingerprint density at radius 2 is 2.05 bits per heavy atom. The Hall–Kier alpha value is -1.78. The predicted octanol–water partition coefficient (Wildman–Crippen LogP) is 3.24. The van der Waals surface area contributed by atoms with Gasteiger partial charge in [-0.25, -0.2) is 0 Å². The van der Waals surface area contributed by atoms with E-state index in [4.69, 9.17) is 0 Å². The van der Waals surface area contributed by atoms with Gasteiger partial charge in [0, 0.05) is 13.1 Å². The van der Waals surface area contributed by atoms with Gasteiger partial charge in [-0.1, -0.05) is 12.5 Å². The molecule has 2 aliphatic rings. The van der Waals surface area contributed by atoms with Crippen LogP contribution < -0.4 is 10.6 Å². The van der Waals surface area contributed by atoms with Crippen LogP contribution in [-0.2, 0) is 0 Å². The molecule has 0 radical (unpaired) electrons. The van der Waals surface area contributed by atoms with Crippen molar-refractivity contribution < 1.29 is 4.92 Å². The van der Waals surface area contributed by atoms with Crippen LogP contribution in [0.15, 0.2) is 18.2 Å². The molecule has 2 bridgehead atoms. The number of nitro benzene ring substituents is 1. The number of hydrogen-bond acceptors (Lipinski definition) is 4. The first-order valence-electron chi connectivity index (χ1n) is 6.90. The Kier molecular flexibility index (Phi) is 3.05. The number of hydrogen-bond donors (Lipinski definition) is 2. The molecule has 1 aromatic rings. The van der Waals surface area contributed by atoms with Gasteiger partial charge in [-0.3, -0.25) is 10.1 Å². The van der Waals surface area contributed by atoms with Crippen molar-refractivity contribution in [1.82, 2.24) is 0 Å². The minimum atomic E-state index is -0.304. The largest absolute Gasteiger partial charge is 0.382 e. The van der Waals surface area contributed by atoms with Gasteiger partial charge in [0.2, 0.25) is 0 Å². The van der Waals surface area contributed by atoms with Crippen LogP contribution in [-0.4, -0.2) is 18.0 Å². The monoisotopic (exact) mass is 261 g/mol. The van der Waals surface area contributed by atoms with E-state index in [-0.39, 0.29) is 10.6 Å². The molecule has 3 rings (SSSR count). The Bertz CT molecular complexity index is 503. The molecular formula is C14H19N3O2. The Morgan fingerprint density at radius 1 is 1.26 bits per heavy atom. The zero-order valence-electron chi connectivity index (χ0n) is 11.1. The molecule has 3 atom stereocenters. The number of nitro groups is 1. The topological polar surface area (TPSA) is 67.2 Å². The zero-order valence-corrected chi connectivity index (χ0v) is 11.1. The molecule has 0 amide bonds. The van der Waals surface area contributed by atoms with E-state index < -0.39 is 0 Å². The van der Waals surface area contributed by atoms with Gasteiger partial charge in [0.05, 0.1) is 4.92 Å². The first-order chi connectivity index (χ1) is 9.19.